The molecule has 3 rings (SSSR count). The van der Waals surface area contributed by atoms with E-state index in [4.69, 9.17) is 21.1 Å². The number of hydrogen-bond donors (Lipinski definition) is 0. The standard InChI is InChI=1S/C20H21ClN4O3/c1-4-11-27-19(26)13(2)28-16-8-6-15(7-9-16)25(3)20-22-17-10-5-14(21)12-18(17)23-24-20/h5-10,12-13H,4,11H2,1-3H3. The Morgan fingerprint density at radius 2 is 1.89 bits per heavy atom. The SMILES string of the molecule is CCCOC(=O)C(C)Oc1ccc(N(C)c2nnc3cc(Cl)ccc3n2)cc1. The first-order valence-corrected chi connectivity index (χ1v) is 9.33. The van der Waals surface area contributed by atoms with E-state index in [0.717, 1.165) is 12.1 Å². The molecule has 0 N–H and O–H groups in total. The van der Waals surface area contributed by atoms with Crippen molar-refractivity contribution in [1.82, 2.24) is 15.2 Å². The highest BCUT2D eigenvalue weighted by molar-refractivity contribution is 6.31. The third kappa shape index (κ3) is 4.67. The number of hydrogen-bond acceptors (Lipinski definition) is 7. The first kappa shape index (κ1) is 19.8. The van der Waals surface area contributed by atoms with Gasteiger partial charge in [0, 0.05) is 17.8 Å². The molecule has 0 fully saturated rings. The van der Waals surface area contributed by atoms with Crippen LogP contribution in [0.2, 0.25) is 5.02 Å². The molecule has 1 heterocycles. The molecule has 0 aliphatic rings. The van der Waals surface area contributed by atoms with E-state index in [0.29, 0.717) is 34.4 Å². The number of rotatable bonds is 7. The first-order valence-electron chi connectivity index (χ1n) is 8.95. The summed E-state index contributed by atoms with van der Waals surface area (Å²) in [5, 5.41) is 8.93. The Labute approximate surface area is 168 Å². The van der Waals surface area contributed by atoms with E-state index >= 15 is 0 Å². The molecule has 1 atom stereocenters. The van der Waals surface area contributed by atoms with Gasteiger partial charge >= 0.3 is 5.97 Å². The Morgan fingerprint density at radius 1 is 1.14 bits per heavy atom. The van der Waals surface area contributed by atoms with Gasteiger partial charge in [-0.05, 0) is 55.8 Å². The molecule has 0 saturated carbocycles. The van der Waals surface area contributed by atoms with E-state index < -0.39 is 6.10 Å². The summed E-state index contributed by atoms with van der Waals surface area (Å²) in [6.07, 6.45) is 0.105. The third-order valence-corrected chi connectivity index (χ3v) is 4.26. The summed E-state index contributed by atoms with van der Waals surface area (Å²) in [5.41, 5.74) is 2.20. The van der Waals surface area contributed by atoms with Gasteiger partial charge in [-0.15, -0.1) is 10.2 Å². The van der Waals surface area contributed by atoms with Crippen molar-refractivity contribution in [1.29, 1.82) is 0 Å². The van der Waals surface area contributed by atoms with Crippen LogP contribution in [0.3, 0.4) is 0 Å². The van der Waals surface area contributed by atoms with Crippen LogP contribution in [0.25, 0.3) is 11.0 Å². The summed E-state index contributed by atoms with van der Waals surface area (Å²) in [7, 11) is 1.85. The van der Waals surface area contributed by atoms with Crippen LogP contribution in [0.15, 0.2) is 42.5 Å². The zero-order valence-corrected chi connectivity index (χ0v) is 16.7. The minimum Gasteiger partial charge on any atom is -0.479 e. The summed E-state index contributed by atoms with van der Waals surface area (Å²) < 4.78 is 10.7. The number of carbonyl (C=O) groups excluding carboxylic acids is 1. The summed E-state index contributed by atoms with van der Waals surface area (Å²) in [4.78, 5) is 18.1. The second kappa shape index (κ2) is 8.84. The zero-order valence-electron chi connectivity index (χ0n) is 15.9. The normalized spacial score (nSPS) is 11.9. The van der Waals surface area contributed by atoms with E-state index in [1.165, 1.54) is 0 Å². The van der Waals surface area contributed by atoms with Gasteiger partial charge in [0.25, 0.3) is 0 Å². The fraction of sp³-hybridized carbons (Fsp3) is 0.300. The number of halogens is 1. The lowest BCUT2D eigenvalue weighted by atomic mass is 10.3. The van der Waals surface area contributed by atoms with Gasteiger partial charge in [0.15, 0.2) is 6.10 Å². The van der Waals surface area contributed by atoms with Crippen molar-refractivity contribution >= 4 is 40.2 Å². The molecule has 0 aliphatic carbocycles. The van der Waals surface area contributed by atoms with Gasteiger partial charge in [-0.25, -0.2) is 9.78 Å². The molecule has 2 aromatic carbocycles. The molecule has 0 amide bonds. The van der Waals surface area contributed by atoms with Gasteiger partial charge in [0.1, 0.15) is 11.3 Å². The van der Waals surface area contributed by atoms with E-state index in [-0.39, 0.29) is 5.97 Å². The van der Waals surface area contributed by atoms with Crippen LogP contribution in [0.1, 0.15) is 20.3 Å². The van der Waals surface area contributed by atoms with Gasteiger partial charge < -0.3 is 14.4 Å². The first-order chi connectivity index (χ1) is 13.5. The van der Waals surface area contributed by atoms with Crippen molar-refractivity contribution in [2.45, 2.75) is 26.4 Å². The van der Waals surface area contributed by atoms with E-state index in [1.807, 2.05) is 31.0 Å². The summed E-state index contributed by atoms with van der Waals surface area (Å²) in [6, 6.07) is 12.6. The lowest BCUT2D eigenvalue weighted by Gasteiger charge is -2.18. The smallest absolute Gasteiger partial charge is 0.347 e. The number of aromatic nitrogens is 3. The topological polar surface area (TPSA) is 77.4 Å². The van der Waals surface area contributed by atoms with Gasteiger partial charge in [-0.1, -0.05) is 18.5 Å². The van der Waals surface area contributed by atoms with E-state index in [2.05, 4.69) is 15.2 Å². The number of benzene rings is 2. The third-order valence-electron chi connectivity index (χ3n) is 4.02. The number of nitrogens with zero attached hydrogens (tertiary/aromatic N) is 4. The highest BCUT2D eigenvalue weighted by Crippen LogP contribution is 2.25. The molecule has 0 bridgehead atoms. The average Bonchev–Trinajstić information content (AvgIpc) is 2.71. The lowest BCUT2D eigenvalue weighted by Crippen LogP contribution is -2.26. The van der Waals surface area contributed by atoms with Crippen LogP contribution in [0.4, 0.5) is 11.6 Å². The van der Waals surface area contributed by atoms with Crippen LogP contribution >= 0.6 is 11.6 Å². The monoisotopic (exact) mass is 400 g/mol. The number of carbonyl (C=O) groups is 1. The average molecular weight is 401 g/mol. The minimum atomic E-state index is -0.671. The van der Waals surface area contributed by atoms with E-state index in [9.17, 15) is 4.79 Å². The highest BCUT2D eigenvalue weighted by Gasteiger charge is 2.16. The quantitative estimate of drug-likeness (QED) is 0.551. The second-order valence-electron chi connectivity index (χ2n) is 6.23. The van der Waals surface area contributed by atoms with Gasteiger partial charge in [-0.2, -0.15) is 0 Å². The molecule has 1 aromatic heterocycles. The number of anilines is 2. The lowest BCUT2D eigenvalue weighted by molar-refractivity contribution is -0.151. The maximum atomic E-state index is 11.8. The van der Waals surface area contributed by atoms with Crippen LogP contribution in [-0.4, -0.2) is 40.9 Å². The Bertz CT molecular complexity index is 965. The van der Waals surface area contributed by atoms with Gasteiger partial charge in [0.05, 0.1) is 12.1 Å². The van der Waals surface area contributed by atoms with Crippen molar-refractivity contribution in [2.24, 2.45) is 0 Å². The zero-order chi connectivity index (χ0) is 20.1. The molecule has 28 heavy (non-hydrogen) atoms. The summed E-state index contributed by atoms with van der Waals surface area (Å²) in [6.45, 7) is 4.00. The molecule has 1 unspecified atom stereocenters. The van der Waals surface area contributed by atoms with Crippen molar-refractivity contribution < 1.29 is 14.3 Å². The molecule has 146 valence electrons. The van der Waals surface area contributed by atoms with Crippen LogP contribution in [0.5, 0.6) is 5.75 Å². The fourth-order valence-electron chi connectivity index (χ4n) is 2.48. The van der Waals surface area contributed by atoms with Crippen LogP contribution in [0, 0.1) is 0 Å². The fourth-order valence-corrected chi connectivity index (χ4v) is 2.64. The maximum absolute atomic E-state index is 11.8. The van der Waals surface area contributed by atoms with Crippen molar-refractivity contribution in [3.05, 3.63) is 47.5 Å². The number of esters is 1. The molecule has 8 heteroatoms. The maximum Gasteiger partial charge on any atom is 0.347 e. The molecule has 0 saturated heterocycles. The minimum absolute atomic E-state index is 0.376. The predicted molar refractivity (Wildman–Crippen MR) is 108 cm³/mol. The van der Waals surface area contributed by atoms with Crippen molar-refractivity contribution in [2.75, 3.05) is 18.6 Å². The molecule has 0 spiro atoms. The molecular formula is C20H21ClN4O3. The molecule has 3 aromatic rings. The Morgan fingerprint density at radius 3 is 2.61 bits per heavy atom. The summed E-state index contributed by atoms with van der Waals surface area (Å²) in [5.74, 6) is 0.657. The molecular weight excluding hydrogens is 380 g/mol. The highest BCUT2D eigenvalue weighted by atomic mass is 35.5. The molecule has 7 nitrogen and oxygen atoms in total. The van der Waals surface area contributed by atoms with Crippen LogP contribution in [-0.2, 0) is 9.53 Å². The Hall–Kier alpha value is -2.93. The summed E-state index contributed by atoms with van der Waals surface area (Å²) >= 11 is 5.97. The van der Waals surface area contributed by atoms with Gasteiger partial charge in [0.2, 0.25) is 5.95 Å². The van der Waals surface area contributed by atoms with Crippen molar-refractivity contribution in [3.8, 4) is 5.75 Å². The Kier molecular flexibility index (Phi) is 6.26. The van der Waals surface area contributed by atoms with E-state index in [1.54, 1.807) is 37.3 Å². The molecule has 0 radical (unpaired) electrons. The van der Waals surface area contributed by atoms with Crippen molar-refractivity contribution in [3.63, 3.8) is 0 Å². The largest absolute Gasteiger partial charge is 0.479 e. The number of fused-ring (bicyclic) bond motifs is 1. The van der Waals surface area contributed by atoms with Crippen LogP contribution < -0.4 is 9.64 Å². The molecule has 0 aliphatic heterocycles. The Balaban J connectivity index is 1.70. The second-order valence-corrected chi connectivity index (χ2v) is 6.66. The van der Waals surface area contributed by atoms with Gasteiger partial charge in [-0.3, -0.25) is 0 Å². The number of ether oxygens (including phenoxy) is 2. The predicted octanol–water partition coefficient (Wildman–Crippen LogP) is 4.17.